The second-order valence-electron chi connectivity index (χ2n) is 8.15. The number of imide groups is 1. The molecule has 4 rings (SSSR count). The Morgan fingerprint density at radius 3 is 2.45 bits per heavy atom. The molecule has 1 atom stereocenters. The number of thiophene rings is 1. The van der Waals surface area contributed by atoms with E-state index in [0.717, 1.165) is 10.4 Å². The van der Waals surface area contributed by atoms with E-state index in [-0.39, 0.29) is 25.0 Å². The topological polar surface area (TPSA) is 98.9 Å². The van der Waals surface area contributed by atoms with E-state index >= 15 is 0 Å². The molecule has 2 aliphatic rings. The molecule has 0 bridgehead atoms. The van der Waals surface area contributed by atoms with E-state index in [0.29, 0.717) is 28.1 Å². The summed E-state index contributed by atoms with van der Waals surface area (Å²) in [5.74, 6) is -1.11. The van der Waals surface area contributed by atoms with Gasteiger partial charge in [0.1, 0.15) is 10.6 Å². The van der Waals surface area contributed by atoms with E-state index < -0.39 is 17.7 Å². The van der Waals surface area contributed by atoms with Crippen LogP contribution in [0.4, 0.5) is 5.00 Å². The van der Waals surface area contributed by atoms with Gasteiger partial charge in [-0.2, -0.15) is 0 Å². The van der Waals surface area contributed by atoms with Gasteiger partial charge in [-0.25, -0.2) is 4.79 Å². The number of amides is 2. The van der Waals surface area contributed by atoms with Crippen LogP contribution in [0, 0.1) is 0 Å². The highest BCUT2D eigenvalue weighted by atomic mass is 32.1. The highest BCUT2D eigenvalue weighted by Gasteiger charge is 2.38. The summed E-state index contributed by atoms with van der Waals surface area (Å²) < 4.78 is 11.4. The summed E-state index contributed by atoms with van der Waals surface area (Å²) in [6.45, 7) is 5.80. The summed E-state index contributed by atoms with van der Waals surface area (Å²) in [6, 6.07) is 6.77. The third kappa shape index (κ3) is 3.54. The molecule has 8 heteroatoms. The number of nitrogen functional groups attached to an aromatic ring is 1. The predicted octanol–water partition coefficient (Wildman–Crippen LogP) is 3.02. The van der Waals surface area contributed by atoms with Crippen LogP contribution in [0.25, 0.3) is 0 Å². The van der Waals surface area contributed by atoms with Gasteiger partial charge in [-0.05, 0) is 38.5 Å². The van der Waals surface area contributed by atoms with Gasteiger partial charge in [0.05, 0.1) is 35.9 Å². The molecule has 0 spiro atoms. The van der Waals surface area contributed by atoms with Gasteiger partial charge in [-0.3, -0.25) is 14.5 Å². The zero-order chi connectivity index (χ0) is 20.9. The summed E-state index contributed by atoms with van der Waals surface area (Å²) in [7, 11) is 0. The molecule has 7 nitrogen and oxygen atoms in total. The first-order valence-corrected chi connectivity index (χ1v) is 10.2. The van der Waals surface area contributed by atoms with Crippen molar-refractivity contribution >= 4 is 34.1 Å². The molecule has 3 heterocycles. The molecule has 2 aliphatic heterocycles. The van der Waals surface area contributed by atoms with Crippen LogP contribution >= 0.6 is 11.3 Å². The molecule has 0 radical (unpaired) electrons. The number of hydrogen-bond donors (Lipinski definition) is 1. The van der Waals surface area contributed by atoms with E-state index in [1.165, 1.54) is 16.2 Å². The molecule has 152 valence electrons. The Balaban J connectivity index is 1.55. The van der Waals surface area contributed by atoms with Gasteiger partial charge < -0.3 is 15.2 Å². The highest BCUT2D eigenvalue weighted by molar-refractivity contribution is 7.16. The first kappa shape index (κ1) is 19.6. The fourth-order valence-corrected chi connectivity index (χ4v) is 4.63. The van der Waals surface area contributed by atoms with Crippen molar-refractivity contribution in [1.82, 2.24) is 4.90 Å². The van der Waals surface area contributed by atoms with Gasteiger partial charge in [-0.1, -0.05) is 12.1 Å². The van der Waals surface area contributed by atoms with Gasteiger partial charge in [0, 0.05) is 11.3 Å². The quantitative estimate of drug-likeness (QED) is 0.612. The van der Waals surface area contributed by atoms with Crippen molar-refractivity contribution in [3.8, 4) is 0 Å². The molecule has 2 amide bonds. The predicted molar refractivity (Wildman–Crippen MR) is 108 cm³/mol. The van der Waals surface area contributed by atoms with E-state index in [1.807, 2.05) is 0 Å². The van der Waals surface area contributed by atoms with Crippen LogP contribution in [-0.4, -0.2) is 40.9 Å². The second-order valence-corrected chi connectivity index (χ2v) is 9.29. The number of rotatable bonds is 3. The molecule has 2 aromatic rings. The zero-order valence-corrected chi connectivity index (χ0v) is 17.3. The fourth-order valence-electron chi connectivity index (χ4n) is 3.62. The lowest BCUT2D eigenvalue weighted by Gasteiger charge is -2.27. The minimum atomic E-state index is -0.636. The van der Waals surface area contributed by atoms with Crippen LogP contribution in [0.2, 0.25) is 0 Å². The monoisotopic (exact) mass is 414 g/mol. The standard InChI is InChI=1S/C21H22N2O5S/c1-21(2,3)28-20(26)16-14-8-11(27-10-15(14)29-17(16)22)9-23-18(24)12-6-4-5-7-13(12)19(23)25/h4-7,11H,8-10,22H2,1-3H3. The summed E-state index contributed by atoms with van der Waals surface area (Å²) in [4.78, 5) is 40.0. The lowest BCUT2D eigenvalue weighted by molar-refractivity contribution is 0.00352. The van der Waals surface area contributed by atoms with Crippen molar-refractivity contribution in [2.45, 2.75) is 45.5 Å². The fraction of sp³-hybridized carbons (Fsp3) is 0.381. The number of hydrogen-bond acceptors (Lipinski definition) is 7. The zero-order valence-electron chi connectivity index (χ0n) is 16.5. The van der Waals surface area contributed by atoms with Gasteiger partial charge in [-0.15, -0.1) is 11.3 Å². The Morgan fingerprint density at radius 2 is 1.86 bits per heavy atom. The largest absolute Gasteiger partial charge is 0.456 e. The number of fused-ring (bicyclic) bond motifs is 2. The number of carbonyl (C=O) groups is 3. The Morgan fingerprint density at radius 1 is 1.24 bits per heavy atom. The third-order valence-electron chi connectivity index (χ3n) is 4.87. The average Bonchev–Trinajstić information content (AvgIpc) is 3.09. The molecule has 2 N–H and O–H groups in total. The minimum absolute atomic E-state index is 0.120. The van der Waals surface area contributed by atoms with Crippen molar-refractivity contribution in [1.29, 1.82) is 0 Å². The van der Waals surface area contributed by atoms with Gasteiger partial charge in [0.15, 0.2) is 0 Å². The van der Waals surface area contributed by atoms with Crippen molar-refractivity contribution in [3.63, 3.8) is 0 Å². The Kier molecular flexibility index (Phi) is 4.71. The number of benzene rings is 1. The molecule has 0 saturated heterocycles. The lowest BCUT2D eigenvalue weighted by atomic mass is 10.0. The number of anilines is 1. The van der Waals surface area contributed by atoms with Crippen molar-refractivity contribution < 1.29 is 23.9 Å². The maximum absolute atomic E-state index is 12.7. The molecule has 1 aromatic carbocycles. The number of esters is 1. The van der Waals surface area contributed by atoms with Gasteiger partial charge in [0.2, 0.25) is 0 Å². The van der Waals surface area contributed by atoms with Crippen LogP contribution in [0.5, 0.6) is 0 Å². The Bertz CT molecular complexity index is 986. The van der Waals surface area contributed by atoms with Crippen LogP contribution in [0.1, 0.15) is 62.3 Å². The number of nitrogens with two attached hydrogens (primary N) is 1. The minimum Gasteiger partial charge on any atom is -0.456 e. The second kappa shape index (κ2) is 6.96. The molecule has 0 fully saturated rings. The van der Waals surface area contributed by atoms with E-state index in [2.05, 4.69) is 0 Å². The van der Waals surface area contributed by atoms with Crippen molar-refractivity contribution in [2.24, 2.45) is 0 Å². The van der Waals surface area contributed by atoms with Crippen LogP contribution < -0.4 is 5.73 Å². The Labute approximate surface area is 172 Å². The molecule has 1 aromatic heterocycles. The number of nitrogens with zero attached hydrogens (tertiary/aromatic N) is 1. The van der Waals surface area contributed by atoms with Crippen LogP contribution in [0.3, 0.4) is 0 Å². The molecular weight excluding hydrogens is 392 g/mol. The van der Waals surface area contributed by atoms with Gasteiger partial charge >= 0.3 is 5.97 Å². The first-order chi connectivity index (χ1) is 13.7. The molecule has 1 unspecified atom stereocenters. The maximum Gasteiger partial charge on any atom is 0.341 e. The van der Waals surface area contributed by atoms with E-state index in [4.69, 9.17) is 15.2 Å². The molecular formula is C21H22N2O5S. The number of carbonyl (C=O) groups excluding carboxylic acids is 3. The third-order valence-corrected chi connectivity index (χ3v) is 5.90. The molecule has 0 saturated carbocycles. The summed E-state index contributed by atoms with van der Waals surface area (Å²) >= 11 is 1.31. The highest BCUT2D eigenvalue weighted by Crippen LogP contribution is 2.37. The van der Waals surface area contributed by atoms with Gasteiger partial charge in [0.25, 0.3) is 11.8 Å². The van der Waals surface area contributed by atoms with Crippen LogP contribution in [0.15, 0.2) is 24.3 Å². The van der Waals surface area contributed by atoms with Crippen molar-refractivity contribution in [3.05, 3.63) is 51.4 Å². The summed E-state index contributed by atoms with van der Waals surface area (Å²) in [5, 5.41) is 0.397. The summed E-state index contributed by atoms with van der Waals surface area (Å²) in [5.41, 5.74) is 7.43. The molecule has 29 heavy (non-hydrogen) atoms. The maximum atomic E-state index is 12.7. The lowest BCUT2D eigenvalue weighted by Crippen LogP contribution is -2.40. The van der Waals surface area contributed by atoms with Crippen LogP contribution in [-0.2, 0) is 22.5 Å². The normalized spacial score (nSPS) is 18.6. The first-order valence-electron chi connectivity index (χ1n) is 9.36. The van der Waals surface area contributed by atoms with E-state index in [1.54, 1.807) is 45.0 Å². The number of ether oxygens (including phenoxy) is 2. The molecule has 0 aliphatic carbocycles. The average molecular weight is 414 g/mol. The smallest absolute Gasteiger partial charge is 0.341 e. The summed E-state index contributed by atoms with van der Waals surface area (Å²) in [6.07, 6.45) is -0.0368. The Hall–Kier alpha value is -2.71. The SMILES string of the molecule is CC(C)(C)OC(=O)c1c(N)sc2c1CC(CN1C(=O)c3ccccc3C1=O)OC2. The van der Waals surface area contributed by atoms with Crippen molar-refractivity contribution in [2.75, 3.05) is 12.3 Å². The van der Waals surface area contributed by atoms with E-state index in [9.17, 15) is 14.4 Å².